The zero-order valence-corrected chi connectivity index (χ0v) is 12.7. The van der Waals surface area contributed by atoms with Gasteiger partial charge in [-0.1, -0.05) is 30.1 Å². The van der Waals surface area contributed by atoms with Crippen LogP contribution in [0.2, 0.25) is 10.0 Å². The van der Waals surface area contributed by atoms with E-state index in [1.54, 1.807) is 6.07 Å². The van der Waals surface area contributed by atoms with Gasteiger partial charge in [-0.05, 0) is 25.5 Å². The first-order valence-corrected chi connectivity index (χ1v) is 7.41. The number of nitrogens with one attached hydrogen (secondary N) is 1. The summed E-state index contributed by atoms with van der Waals surface area (Å²) in [4.78, 5) is 12.9. The van der Waals surface area contributed by atoms with E-state index in [0.717, 1.165) is 32.5 Å². The van der Waals surface area contributed by atoms with Gasteiger partial charge in [0.15, 0.2) is 0 Å². The first kappa shape index (κ1) is 15.4. The summed E-state index contributed by atoms with van der Waals surface area (Å²) in [7, 11) is 0. The third-order valence-corrected chi connectivity index (χ3v) is 4.19. The van der Waals surface area contributed by atoms with E-state index in [4.69, 9.17) is 23.2 Å². The molecule has 2 rings (SSSR count). The number of halogens is 2. The molecule has 1 unspecified atom stereocenters. The van der Waals surface area contributed by atoms with E-state index in [0.29, 0.717) is 10.7 Å². The van der Waals surface area contributed by atoms with Crippen LogP contribution in [-0.4, -0.2) is 30.6 Å². The monoisotopic (exact) mass is 317 g/mol. The fourth-order valence-corrected chi connectivity index (χ4v) is 2.86. The van der Waals surface area contributed by atoms with Gasteiger partial charge >= 0.3 is 0 Å². The Morgan fingerprint density at radius 3 is 2.70 bits per heavy atom. The zero-order chi connectivity index (χ0) is 14.7. The molecule has 0 aliphatic carbocycles. The van der Waals surface area contributed by atoms with Crippen molar-refractivity contribution in [2.75, 3.05) is 24.5 Å². The summed E-state index contributed by atoms with van der Waals surface area (Å²) in [6.45, 7) is 4.57. The highest BCUT2D eigenvalue weighted by Gasteiger charge is 2.28. The molecule has 1 aliphatic heterocycles. The first-order valence-electron chi connectivity index (χ1n) is 6.65. The van der Waals surface area contributed by atoms with Gasteiger partial charge in [-0.2, -0.15) is 0 Å². The van der Waals surface area contributed by atoms with Crippen molar-refractivity contribution in [1.82, 2.24) is 5.32 Å². The Kier molecular flexibility index (Phi) is 5.07. The molecule has 1 aromatic carbocycles. The van der Waals surface area contributed by atoms with Crippen molar-refractivity contribution in [2.24, 2.45) is 0 Å². The lowest BCUT2D eigenvalue weighted by Gasteiger charge is -2.30. The minimum Gasteiger partial charge on any atom is -0.362 e. The van der Waals surface area contributed by atoms with Crippen LogP contribution < -0.4 is 10.2 Å². The number of benzene rings is 1. The van der Waals surface area contributed by atoms with Crippen molar-refractivity contribution in [3.05, 3.63) is 32.3 Å². The van der Waals surface area contributed by atoms with Gasteiger partial charge in [0.2, 0.25) is 0 Å². The second kappa shape index (κ2) is 6.61. The zero-order valence-electron chi connectivity index (χ0n) is 11.2. The van der Waals surface area contributed by atoms with Crippen molar-refractivity contribution >= 4 is 34.6 Å². The summed E-state index contributed by atoms with van der Waals surface area (Å²) in [5, 5.41) is 15.1. The van der Waals surface area contributed by atoms with Crippen LogP contribution in [0, 0.1) is 10.1 Å². The van der Waals surface area contributed by atoms with Gasteiger partial charge in [0.05, 0.1) is 15.0 Å². The highest BCUT2D eigenvalue weighted by atomic mass is 35.5. The Labute approximate surface area is 128 Å². The summed E-state index contributed by atoms with van der Waals surface area (Å²) >= 11 is 11.9. The molecule has 0 spiro atoms. The fraction of sp³-hybridized carbons (Fsp3) is 0.538. The minimum absolute atomic E-state index is 0.0137. The van der Waals surface area contributed by atoms with E-state index < -0.39 is 4.92 Å². The molecule has 7 heteroatoms. The molecule has 0 radical (unpaired) electrons. The maximum Gasteiger partial charge on any atom is 0.294 e. The number of hydrogen-bond acceptors (Lipinski definition) is 4. The van der Waals surface area contributed by atoms with Crippen LogP contribution in [0.1, 0.15) is 19.8 Å². The summed E-state index contributed by atoms with van der Waals surface area (Å²) in [5.74, 6) is 0. The number of anilines is 1. The molecule has 110 valence electrons. The lowest BCUT2D eigenvalue weighted by molar-refractivity contribution is -0.384. The molecule has 1 heterocycles. The largest absolute Gasteiger partial charge is 0.362 e. The molecule has 0 bridgehead atoms. The maximum absolute atomic E-state index is 11.3. The Balaban J connectivity index is 2.45. The molecule has 0 saturated carbocycles. The Bertz CT molecular complexity index is 505. The van der Waals surface area contributed by atoms with E-state index in [9.17, 15) is 10.1 Å². The smallest absolute Gasteiger partial charge is 0.294 e. The molecular formula is C13H17Cl2N3O2. The van der Waals surface area contributed by atoms with Gasteiger partial charge in [-0.15, -0.1) is 0 Å². The molecule has 5 nitrogen and oxygen atoms in total. The van der Waals surface area contributed by atoms with E-state index in [2.05, 4.69) is 17.1 Å². The highest BCUT2D eigenvalue weighted by Crippen LogP contribution is 2.37. The van der Waals surface area contributed by atoms with Crippen LogP contribution in [0.3, 0.4) is 0 Å². The van der Waals surface area contributed by atoms with Crippen molar-refractivity contribution in [1.29, 1.82) is 0 Å². The van der Waals surface area contributed by atoms with Crippen molar-refractivity contribution < 1.29 is 4.92 Å². The Morgan fingerprint density at radius 2 is 2.15 bits per heavy atom. The number of nitro groups is 1. The average Bonchev–Trinajstić information content (AvgIpc) is 2.92. The molecule has 1 atom stereocenters. The molecule has 20 heavy (non-hydrogen) atoms. The predicted molar refractivity (Wildman–Crippen MR) is 82.0 cm³/mol. The molecule has 1 aromatic rings. The van der Waals surface area contributed by atoms with Gasteiger partial charge in [-0.3, -0.25) is 10.1 Å². The van der Waals surface area contributed by atoms with Gasteiger partial charge in [0.25, 0.3) is 5.69 Å². The third-order valence-electron chi connectivity index (χ3n) is 3.46. The molecule has 1 saturated heterocycles. The van der Waals surface area contributed by atoms with Gasteiger partial charge in [-0.25, -0.2) is 0 Å². The van der Waals surface area contributed by atoms with Gasteiger partial charge in [0, 0.05) is 25.2 Å². The lowest BCUT2D eigenvalue weighted by atomic mass is 10.1. The van der Waals surface area contributed by atoms with Crippen LogP contribution in [0.15, 0.2) is 12.1 Å². The van der Waals surface area contributed by atoms with E-state index in [1.807, 2.05) is 0 Å². The molecule has 0 aromatic heterocycles. The van der Waals surface area contributed by atoms with Gasteiger partial charge < -0.3 is 10.2 Å². The quantitative estimate of drug-likeness (QED) is 0.667. The highest BCUT2D eigenvalue weighted by molar-refractivity contribution is 6.42. The molecule has 1 N–H and O–H groups in total. The Hall–Kier alpha value is -1.04. The average molecular weight is 318 g/mol. The summed E-state index contributed by atoms with van der Waals surface area (Å²) < 4.78 is 0. The normalized spacial score (nSPS) is 18.2. The lowest BCUT2D eigenvalue weighted by Crippen LogP contribution is -2.37. The molecule has 1 fully saturated rings. The topological polar surface area (TPSA) is 58.4 Å². The van der Waals surface area contributed by atoms with Crippen LogP contribution in [0.4, 0.5) is 11.4 Å². The molecule has 0 amide bonds. The summed E-state index contributed by atoms with van der Waals surface area (Å²) in [5.41, 5.74) is 0.569. The Morgan fingerprint density at radius 1 is 1.45 bits per heavy atom. The van der Waals surface area contributed by atoms with E-state index in [1.165, 1.54) is 6.07 Å². The van der Waals surface area contributed by atoms with Crippen LogP contribution >= 0.6 is 23.2 Å². The number of nitrogens with zero attached hydrogens (tertiary/aromatic N) is 2. The fourth-order valence-electron chi connectivity index (χ4n) is 2.55. The number of nitro benzene ring substituents is 1. The van der Waals surface area contributed by atoms with E-state index in [-0.39, 0.29) is 16.8 Å². The van der Waals surface area contributed by atoms with Crippen molar-refractivity contribution in [3.63, 3.8) is 0 Å². The van der Waals surface area contributed by atoms with Crippen LogP contribution in [-0.2, 0) is 0 Å². The standard InChI is InChI=1S/C13H17Cl2N3O2/c1-2-5-17(9-3-4-16-8-9)12-6-10(14)11(15)7-13(12)18(19)20/h6-7,9,16H,2-5,8H2,1H3. The van der Waals surface area contributed by atoms with Crippen LogP contribution in [0.25, 0.3) is 0 Å². The molecule has 1 aliphatic rings. The number of hydrogen-bond donors (Lipinski definition) is 1. The van der Waals surface area contributed by atoms with Gasteiger partial charge in [0.1, 0.15) is 5.69 Å². The number of rotatable bonds is 5. The van der Waals surface area contributed by atoms with Crippen molar-refractivity contribution in [2.45, 2.75) is 25.8 Å². The SMILES string of the molecule is CCCN(c1cc(Cl)c(Cl)cc1[N+](=O)[O-])C1CCNC1. The predicted octanol–water partition coefficient (Wildman–Crippen LogP) is 3.48. The first-order chi connectivity index (χ1) is 9.54. The molecular weight excluding hydrogens is 301 g/mol. The second-order valence-corrected chi connectivity index (χ2v) is 5.67. The van der Waals surface area contributed by atoms with Crippen LogP contribution in [0.5, 0.6) is 0 Å². The van der Waals surface area contributed by atoms with Crippen molar-refractivity contribution in [3.8, 4) is 0 Å². The maximum atomic E-state index is 11.3. The summed E-state index contributed by atoms with van der Waals surface area (Å²) in [6.07, 6.45) is 1.88. The third kappa shape index (κ3) is 3.16. The minimum atomic E-state index is -0.400. The second-order valence-electron chi connectivity index (χ2n) is 4.85. The van der Waals surface area contributed by atoms with E-state index >= 15 is 0 Å². The summed E-state index contributed by atoms with van der Waals surface area (Å²) in [6, 6.07) is 3.20.